The molecule has 0 aliphatic carbocycles. The van der Waals surface area contributed by atoms with Gasteiger partial charge in [-0.15, -0.1) is 11.3 Å². The minimum atomic E-state index is -0.0534. The molecule has 5 rings (SSSR count). The molecule has 1 aliphatic heterocycles. The molecule has 1 fully saturated rings. The van der Waals surface area contributed by atoms with Gasteiger partial charge in [-0.3, -0.25) is 9.69 Å². The Bertz CT molecular complexity index is 1240. The second kappa shape index (κ2) is 9.60. The Labute approximate surface area is 190 Å². The Morgan fingerprint density at radius 3 is 2.97 bits per heavy atom. The van der Waals surface area contributed by atoms with E-state index in [1.54, 1.807) is 11.3 Å². The first-order chi connectivity index (χ1) is 15.8. The van der Waals surface area contributed by atoms with E-state index in [0.717, 1.165) is 60.3 Å². The minimum Gasteiger partial charge on any atom is -0.437 e. The number of hydrogen-bond donors (Lipinski definition) is 1. The summed E-state index contributed by atoms with van der Waals surface area (Å²) in [6.07, 6.45) is 2.43. The number of aromatic nitrogens is 2. The average molecular weight is 449 g/mol. The normalized spacial score (nSPS) is 14.6. The molecule has 0 spiro atoms. The average Bonchev–Trinajstić information content (AvgIpc) is 3.32. The maximum Gasteiger partial charge on any atom is 0.251 e. The van der Waals surface area contributed by atoms with E-state index in [2.05, 4.69) is 20.2 Å². The van der Waals surface area contributed by atoms with Crippen LogP contribution < -0.4 is 10.1 Å². The van der Waals surface area contributed by atoms with Gasteiger partial charge in [-0.2, -0.15) is 0 Å². The molecule has 0 saturated carbocycles. The molecule has 4 aromatic rings. The van der Waals surface area contributed by atoms with Crippen LogP contribution in [0.25, 0.3) is 21.0 Å². The van der Waals surface area contributed by atoms with Crippen molar-refractivity contribution in [2.24, 2.45) is 0 Å². The molecule has 0 bridgehead atoms. The van der Waals surface area contributed by atoms with E-state index in [9.17, 15) is 4.79 Å². The van der Waals surface area contributed by atoms with Crippen LogP contribution in [0.2, 0.25) is 0 Å². The lowest BCUT2D eigenvalue weighted by atomic mass is 10.0. The fourth-order valence-electron chi connectivity index (χ4n) is 3.90. The van der Waals surface area contributed by atoms with Crippen LogP contribution in [0.4, 0.5) is 0 Å². The molecule has 0 atom stereocenters. The van der Waals surface area contributed by atoms with Crippen LogP contribution in [0, 0.1) is 0 Å². The summed E-state index contributed by atoms with van der Waals surface area (Å²) in [4.78, 5) is 23.7. The highest BCUT2D eigenvalue weighted by Gasteiger charge is 2.13. The van der Waals surface area contributed by atoms with Crippen molar-refractivity contribution >= 4 is 38.2 Å². The Balaban J connectivity index is 1.26. The highest BCUT2D eigenvalue weighted by Crippen LogP contribution is 2.32. The SMILES string of the molecule is O=C(NCCCN1CCOCC1)c1cccc2cc(Oc3ncnc4ccsc34)ccc12. The van der Waals surface area contributed by atoms with Crippen LogP contribution in [-0.4, -0.2) is 60.2 Å². The Morgan fingerprint density at radius 2 is 2.06 bits per heavy atom. The Kier molecular flexibility index (Phi) is 6.24. The van der Waals surface area contributed by atoms with Crippen molar-refractivity contribution in [1.29, 1.82) is 0 Å². The summed E-state index contributed by atoms with van der Waals surface area (Å²) in [6.45, 7) is 5.15. The smallest absolute Gasteiger partial charge is 0.251 e. The van der Waals surface area contributed by atoms with Crippen molar-refractivity contribution in [2.45, 2.75) is 6.42 Å². The maximum atomic E-state index is 12.8. The first-order valence-corrected chi connectivity index (χ1v) is 11.6. The zero-order chi connectivity index (χ0) is 21.8. The van der Waals surface area contributed by atoms with Gasteiger partial charge in [-0.05, 0) is 59.4 Å². The molecular weight excluding hydrogens is 424 g/mol. The van der Waals surface area contributed by atoms with Gasteiger partial charge in [0.15, 0.2) is 0 Å². The first kappa shape index (κ1) is 20.8. The van der Waals surface area contributed by atoms with E-state index in [4.69, 9.17) is 9.47 Å². The van der Waals surface area contributed by atoms with E-state index in [0.29, 0.717) is 23.7 Å². The highest BCUT2D eigenvalue weighted by atomic mass is 32.1. The third-order valence-corrected chi connectivity index (χ3v) is 6.45. The number of fused-ring (bicyclic) bond motifs is 2. The number of ether oxygens (including phenoxy) is 2. The second-order valence-electron chi connectivity index (χ2n) is 7.67. The van der Waals surface area contributed by atoms with Gasteiger partial charge in [0.25, 0.3) is 5.91 Å². The third-order valence-electron chi connectivity index (χ3n) is 5.56. The Morgan fingerprint density at radius 1 is 1.16 bits per heavy atom. The molecule has 1 N–H and O–H groups in total. The molecule has 0 unspecified atom stereocenters. The van der Waals surface area contributed by atoms with Crippen LogP contribution in [0.15, 0.2) is 54.2 Å². The van der Waals surface area contributed by atoms with E-state index in [-0.39, 0.29) is 5.91 Å². The number of hydrogen-bond acceptors (Lipinski definition) is 7. The summed E-state index contributed by atoms with van der Waals surface area (Å²) in [5.74, 6) is 1.16. The molecular formula is C24H24N4O3S. The number of nitrogens with zero attached hydrogens (tertiary/aromatic N) is 3. The quantitative estimate of drug-likeness (QED) is 0.429. The molecule has 1 aliphatic rings. The fourth-order valence-corrected chi connectivity index (χ4v) is 4.67. The van der Waals surface area contributed by atoms with Gasteiger partial charge in [0.2, 0.25) is 5.88 Å². The van der Waals surface area contributed by atoms with Gasteiger partial charge in [0.05, 0.1) is 18.7 Å². The number of thiophene rings is 1. The van der Waals surface area contributed by atoms with Gasteiger partial charge in [-0.1, -0.05) is 12.1 Å². The predicted octanol–water partition coefficient (Wildman–Crippen LogP) is 4.09. The Hall–Kier alpha value is -3.07. The predicted molar refractivity (Wildman–Crippen MR) is 126 cm³/mol. The van der Waals surface area contributed by atoms with Gasteiger partial charge in [0.1, 0.15) is 16.8 Å². The number of benzene rings is 2. The summed E-state index contributed by atoms with van der Waals surface area (Å²) in [6, 6.07) is 13.4. The molecule has 1 amide bonds. The molecule has 1 saturated heterocycles. The lowest BCUT2D eigenvalue weighted by Crippen LogP contribution is -2.38. The molecule has 3 heterocycles. The van der Waals surface area contributed by atoms with Gasteiger partial charge in [-0.25, -0.2) is 9.97 Å². The van der Waals surface area contributed by atoms with Crippen molar-refractivity contribution in [3.05, 3.63) is 59.7 Å². The van der Waals surface area contributed by atoms with Crippen molar-refractivity contribution in [3.63, 3.8) is 0 Å². The summed E-state index contributed by atoms with van der Waals surface area (Å²) < 4.78 is 12.3. The van der Waals surface area contributed by atoms with E-state index in [1.165, 1.54) is 6.33 Å². The second-order valence-corrected chi connectivity index (χ2v) is 8.58. The zero-order valence-corrected chi connectivity index (χ0v) is 18.4. The molecule has 0 radical (unpaired) electrons. The topological polar surface area (TPSA) is 76.6 Å². The van der Waals surface area contributed by atoms with Crippen LogP contribution >= 0.6 is 11.3 Å². The van der Waals surface area contributed by atoms with Crippen molar-refractivity contribution < 1.29 is 14.3 Å². The maximum absolute atomic E-state index is 12.8. The van der Waals surface area contributed by atoms with Crippen LogP contribution in [-0.2, 0) is 4.74 Å². The lowest BCUT2D eigenvalue weighted by Gasteiger charge is -2.26. The standard InChI is InChI=1S/C24H24N4O3S/c29-23(25-8-2-9-28-10-12-30-13-11-28)20-4-1-3-17-15-18(5-6-19(17)20)31-24-22-21(7-14-32-22)26-16-27-24/h1,3-7,14-16H,2,8-13H2,(H,25,29). The largest absolute Gasteiger partial charge is 0.437 e. The van der Waals surface area contributed by atoms with E-state index >= 15 is 0 Å². The van der Waals surface area contributed by atoms with Crippen molar-refractivity contribution in [3.8, 4) is 11.6 Å². The van der Waals surface area contributed by atoms with Crippen molar-refractivity contribution in [1.82, 2.24) is 20.2 Å². The van der Waals surface area contributed by atoms with Gasteiger partial charge >= 0.3 is 0 Å². The zero-order valence-electron chi connectivity index (χ0n) is 17.6. The number of carbonyl (C=O) groups excluding carboxylic acids is 1. The summed E-state index contributed by atoms with van der Waals surface area (Å²) in [5.41, 5.74) is 1.54. The summed E-state index contributed by atoms with van der Waals surface area (Å²) >= 11 is 1.55. The fraction of sp³-hybridized carbons (Fsp3) is 0.292. The van der Waals surface area contributed by atoms with Crippen LogP contribution in [0.5, 0.6) is 11.6 Å². The van der Waals surface area contributed by atoms with Gasteiger partial charge < -0.3 is 14.8 Å². The summed E-state index contributed by atoms with van der Waals surface area (Å²) in [5, 5.41) is 6.87. The molecule has 7 nitrogen and oxygen atoms in total. The number of morpholine rings is 1. The number of amides is 1. The number of carbonyl (C=O) groups is 1. The summed E-state index contributed by atoms with van der Waals surface area (Å²) in [7, 11) is 0. The monoisotopic (exact) mass is 448 g/mol. The molecule has 8 heteroatoms. The minimum absolute atomic E-state index is 0.0534. The number of nitrogens with one attached hydrogen (secondary N) is 1. The van der Waals surface area contributed by atoms with Crippen LogP contribution in [0.3, 0.4) is 0 Å². The van der Waals surface area contributed by atoms with E-state index in [1.807, 2.05) is 47.8 Å². The van der Waals surface area contributed by atoms with Crippen molar-refractivity contribution in [2.75, 3.05) is 39.4 Å². The lowest BCUT2D eigenvalue weighted by molar-refractivity contribution is 0.0374. The third kappa shape index (κ3) is 4.57. The van der Waals surface area contributed by atoms with Crippen LogP contribution in [0.1, 0.15) is 16.8 Å². The molecule has 164 valence electrons. The molecule has 2 aromatic carbocycles. The van der Waals surface area contributed by atoms with Gasteiger partial charge in [0, 0.05) is 25.2 Å². The molecule has 32 heavy (non-hydrogen) atoms. The molecule has 2 aromatic heterocycles. The first-order valence-electron chi connectivity index (χ1n) is 10.7. The van der Waals surface area contributed by atoms with E-state index < -0.39 is 0 Å². The number of rotatable bonds is 7. The highest BCUT2D eigenvalue weighted by molar-refractivity contribution is 7.17.